The standard InChI is InChI=1S/C17H22N4O2/c1-14(9-18)8-17(10-16(2,3)12-22)11-21(6-7-23-17)15-4-5-19-13-20-15/h4-5,8,12-13H,6-7,10-11H2,1-3H3/b14-8+. The Hall–Kier alpha value is -2.26. The lowest BCUT2D eigenvalue weighted by molar-refractivity contribution is -0.119. The predicted octanol–water partition coefficient (Wildman–Crippen LogP) is 2.14. The molecule has 6 nitrogen and oxygen atoms in total. The van der Waals surface area contributed by atoms with Crippen molar-refractivity contribution in [2.45, 2.75) is 32.8 Å². The minimum absolute atomic E-state index is 0.504. The van der Waals surface area contributed by atoms with E-state index in [1.54, 1.807) is 13.1 Å². The van der Waals surface area contributed by atoms with Crippen molar-refractivity contribution in [2.24, 2.45) is 5.41 Å². The van der Waals surface area contributed by atoms with Crippen molar-refractivity contribution in [2.75, 3.05) is 24.6 Å². The van der Waals surface area contributed by atoms with Crippen LogP contribution in [0.2, 0.25) is 0 Å². The average molecular weight is 314 g/mol. The summed E-state index contributed by atoms with van der Waals surface area (Å²) in [4.78, 5) is 21.7. The summed E-state index contributed by atoms with van der Waals surface area (Å²) in [6.07, 6.45) is 6.50. The maximum absolute atomic E-state index is 11.4. The van der Waals surface area contributed by atoms with Crippen molar-refractivity contribution < 1.29 is 9.53 Å². The Kier molecular flexibility index (Phi) is 5.12. The van der Waals surface area contributed by atoms with Gasteiger partial charge in [-0.2, -0.15) is 5.26 Å². The SMILES string of the molecule is C/C(C#N)=C\C1(CC(C)(C)C=O)CN(c2ccncn2)CCO1. The number of hydrogen-bond donors (Lipinski definition) is 0. The smallest absolute Gasteiger partial charge is 0.132 e. The van der Waals surface area contributed by atoms with E-state index >= 15 is 0 Å². The number of nitrogens with zero attached hydrogens (tertiary/aromatic N) is 4. The van der Waals surface area contributed by atoms with Crippen molar-refractivity contribution in [3.63, 3.8) is 0 Å². The summed E-state index contributed by atoms with van der Waals surface area (Å²) >= 11 is 0. The highest BCUT2D eigenvalue weighted by atomic mass is 16.5. The van der Waals surface area contributed by atoms with Gasteiger partial charge in [0, 0.05) is 23.7 Å². The molecule has 1 atom stereocenters. The molecule has 2 heterocycles. The van der Waals surface area contributed by atoms with Crippen LogP contribution in [0.15, 0.2) is 30.2 Å². The summed E-state index contributed by atoms with van der Waals surface area (Å²) in [7, 11) is 0. The van der Waals surface area contributed by atoms with Crippen LogP contribution in [0.3, 0.4) is 0 Å². The van der Waals surface area contributed by atoms with E-state index in [1.165, 1.54) is 6.33 Å². The van der Waals surface area contributed by atoms with Crippen LogP contribution in [0, 0.1) is 16.7 Å². The molecule has 1 aromatic heterocycles. The van der Waals surface area contributed by atoms with Crippen LogP contribution in [0.25, 0.3) is 0 Å². The first kappa shape index (κ1) is 17.1. The van der Waals surface area contributed by atoms with Gasteiger partial charge < -0.3 is 14.4 Å². The van der Waals surface area contributed by atoms with Crippen molar-refractivity contribution in [1.29, 1.82) is 5.26 Å². The molecule has 0 aliphatic carbocycles. The molecule has 1 aliphatic rings. The van der Waals surface area contributed by atoms with Crippen LogP contribution in [0.5, 0.6) is 0 Å². The van der Waals surface area contributed by atoms with Gasteiger partial charge in [-0.25, -0.2) is 9.97 Å². The molecule has 122 valence electrons. The van der Waals surface area contributed by atoms with Gasteiger partial charge >= 0.3 is 0 Å². The van der Waals surface area contributed by atoms with Crippen molar-refractivity contribution >= 4 is 12.1 Å². The molecule has 23 heavy (non-hydrogen) atoms. The van der Waals surface area contributed by atoms with Crippen LogP contribution >= 0.6 is 0 Å². The zero-order valence-electron chi connectivity index (χ0n) is 13.8. The normalized spacial score (nSPS) is 22.5. The summed E-state index contributed by atoms with van der Waals surface area (Å²) < 4.78 is 6.06. The number of ether oxygens (including phenoxy) is 1. The third-order valence-corrected chi connectivity index (χ3v) is 3.83. The largest absolute Gasteiger partial charge is 0.367 e. The van der Waals surface area contributed by atoms with E-state index in [4.69, 9.17) is 10.00 Å². The highest BCUT2D eigenvalue weighted by Gasteiger charge is 2.40. The van der Waals surface area contributed by atoms with E-state index in [1.807, 2.05) is 26.0 Å². The Morgan fingerprint density at radius 1 is 1.61 bits per heavy atom. The van der Waals surface area contributed by atoms with Crippen LogP contribution in [-0.2, 0) is 9.53 Å². The average Bonchev–Trinajstić information content (AvgIpc) is 2.55. The van der Waals surface area contributed by atoms with Gasteiger partial charge in [0.2, 0.25) is 0 Å². The maximum atomic E-state index is 11.4. The number of morpholine rings is 1. The van der Waals surface area contributed by atoms with Gasteiger partial charge in [-0.15, -0.1) is 0 Å². The molecule has 2 rings (SSSR count). The molecule has 0 spiro atoms. The summed E-state index contributed by atoms with van der Waals surface area (Å²) in [6, 6.07) is 3.99. The zero-order chi connectivity index (χ0) is 16.9. The fourth-order valence-electron chi connectivity index (χ4n) is 2.96. The number of allylic oxidation sites excluding steroid dienone is 1. The molecule has 0 amide bonds. The Morgan fingerprint density at radius 2 is 2.39 bits per heavy atom. The Morgan fingerprint density at radius 3 is 3.00 bits per heavy atom. The van der Waals surface area contributed by atoms with Gasteiger partial charge in [-0.1, -0.05) is 13.8 Å². The highest BCUT2D eigenvalue weighted by Crippen LogP contribution is 2.34. The first-order valence-corrected chi connectivity index (χ1v) is 7.61. The Bertz CT molecular complexity index is 621. The van der Waals surface area contributed by atoms with Crippen LogP contribution < -0.4 is 4.90 Å². The van der Waals surface area contributed by atoms with E-state index < -0.39 is 11.0 Å². The number of aromatic nitrogens is 2. The molecule has 0 N–H and O–H groups in total. The summed E-state index contributed by atoms with van der Waals surface area (Å²) in [5.41, 5.74) is -0.648. The topological polar surface area (TPSA) is 79.1 Å². The zero-order valence-corrected chi connectivity index (χ0v) is 13.8. The van der Waals surface area contributed by atoms with E-state index in [0.717, 1.165) is 12.1 Å². The second-order valence-corrected chi connectivity index (χ2v) is 6.62. The molecule has 1 saturated heterocycles. The van der Waals surface area contributed by atoms with E-state index in [2.05, 4.69) is 20.9 Å². The fourth-order valence-corrected chi connectivity index (χ4v) is 2.96. The second-order valence-electron chi connectivity index (χ2n) is 6.62. The molecule has 0 bridgehead atoms. The van der Waals surface area contributed by atoms with E-state index in [9.17, 15) is 4.79 Å². The number of rotatable bonds is 5. The predicted molar refractivity (Wildman–Crippen MR) is 86.8 cm³/mol. The molecule has 6 heteroatoms. The van der Waals surface area contributed by atoms with Gasteiger partial charge in [-0.3, -0.25) is 0 Å². The van der Waals surface area contributed by atoms with Gasteiger partial charge in [0.25, 0.3) is 0 Å². The van der Waals surface area contributed by atoms with Crippen LogP contribution in [0.1, 0.15) is 27.2 Å². The van der Waals surface area contributed by atoms with E-state index in [-0.39, 0.29) is 0 Å². The van der Waals surface area contributed by atoms with Gasteiger partial charge in [0.15, 0.2) is 0 Å². The fraction of sp³-hybridized carbons (Fsp3) is 0.529. The lowest BCUT2D eigenvalue weighted by Crippen LogP contribution is -2.53. The molecule has 0 saturated carbocycles. The first-order chi connectivity index (χ1) is 10.9. The molecule has 0 radical (unpaired) electrons. The molecule has 1 fully saturated rings. The first-order valence-electron chi connectivity index (χ1n) is 7.61. The lowest BCUT2D eigenvalue weighted by atomic mass is 9.79. The van der Waals surface area contributed by atoms with Crippen molar-refractivity contribution in [3.05, 3.63) is 30.2 Å². The number of anilines is 1. The summed E-state index contributed by atoms with van der Waals surface area (Å²) in [6.45, 7) is 7.27. The number of carbonyl (C=O) groups excluding carboxylic acids is 1. The minimum atomic E-state index is -0.687. The molecule has 1 unspecified atom stereocenters. The Labute approximate surface area is 136 Å². The quantitative estimate of drug-likeness (QED) is 0.612. The summed E-state index contributed by atoms with van der Waals surface area (Å²) in [5.74, 6) is 0.819. The molecule has 0 aromatic carbocycles. The highest BCUT2D eigenvalue weighted by molar-refractivity contribution is 5.58. The number of carbonyl (C=O) groups is 1. The van der Waals surface area contributed by atoms with Crippen molar-refractivity contribution in [3.8, 4) is 6.07 Å². The number of nitriles is 1. The van der Waals surface area contributed by atoms with E-state index in [0.29, 0.717) is 31.7 Å². The molecular formula is C17H22N4O2. The van der Waals surface area contributed by atoms with Gasteiger partial charge in [-0.05, 0) is 25.5 Å². The second kappa shape index (κ2) is 6.88. The third-order valence-electron chi connectivity index (χ3n) is 3.83. The summed E-state index contributed by atoms with van der Waals surface area (Å²) in [5, 5.41) is 9.14. The molecule has 1 aliphatic heterocycles. The molecule has 1 aromatic rings. The van der Waals surface area contributed by atoms with Crippen LogP contribution in [-0.4, -0.2) is 41.6 Å². The van der Waals surface area contributed by atoms with Crippen LogP contribution in [0.4, 0.5) is 5.82 Å². The monoisotopic (exact) mass is 314 g/mol. The molecular weight excluding hydrogens is 292 g/mol. The van der Waals surface area contributed by atoms with Crippen molar-refractivity contribution in [1.82, 2.24) is 9.97 Å². The Balaban J connectivity index is 2.33. The minimum Gasteiger partial charge on any atom is -0.367 e. The van der Waals surface area contributed by atoms with Gasteiger partial charge in [0.1, 0.15) is 24.0 Å². The third kappa shape index (κ3) is 4.36. The maximum Gasteiger partial charge on any atom is 0.132 e. The lowest BCUT2D eigenvalue weighted by Gasteiger charge is -2.44. The number of aldehydes is 1. The number of hydrogen-bond acceptors (Lipinski definition) is 6. The van der Waals surface area contributed by atoms with Gasteiger partial charge in [0.05, 0.1) is 19.2 Å².